The van der Waals surface area contributed by atoms with E-state index in [9.17, 15) is 13.2 Å². The van der Waals surface area contributed by atoms with Gasteiger partial charge in [-0.05, 0) is 34.5 Å². The minimum Gasteiger partial charge on any atom is -0.453 e. The smallest absolute Gasteiger partial charge is 0.389 e. The zero-order chi connectivity index (χ0) is 13.9. The standard InChI is InChI=1S/C12H16BrF3N2O.2ClH/c13-11-2-1-10(19-11)9(3-4-12(14,15)16)18-7-5-17-6-8-18;;/h1-2,9,17H,3-8H2;2*1H/t9-;;/m0../s1. The van der Waals surface area contributed by atoms with Gasteiger partial charge in [-0.1, -0.05) is 0 Å². The third-order valence-electron chi connectivity index (χ3n) is 3.22. The molecule has 0 aromatic carbocycles. The fourth-order valence-corrected chi connectivity index (χ4v) is 2.63. The molecule has 0 unspecified atom stereocenters. The van der Waals surface area contributed by atoms with Crippen LogP contribution >= 0.6 is 40.7 Å². The zero-order valence-corrected chi connectivity index (χ0v) is 14.4. The number of rotatable bonds is 4. The molecule has 2 heterocycles. The lowest BCUT2D eigenvalue weighted by Gasteiger charge is -2.34. The molecule has 21 heavy (non-hydrogen) atoms. The number of alkyl halides is 3. The summed E-state index contributed by atoms with van der Waals surface area (Å²) >= 11 is 3.20. The van der Waals surface area contributed by atoms with Crippen LogP contribution in [0.15, 0.2) is 21.2 Å². The van der Waals surface area contributed by atoms with Gasteiger partial charge in [-0.15, -0.1) is 24.8 Å². The average molecular weight is 414 g/mol. The molecule has 0 aliphatic carbocycles. The Labute approximate surface area is 142 Å². The van der Waals surface area contributed by atoms with E-state index in [0.29, 0.717) is 10.4 Å². The van der Waals surface area contributed by atoms with Crippen LogP contribution in [0.2, 0.25) is 0 Å². The number of hydrogen-bond donors (Lipinski definition) is 1. The number of furan rings is 1. The van der Waals surface area contributed by atoms with Crippen LogP contribution in [0.25, 0.3) is 0 Å². The highest BCUT2D eigenvalue weighted by molar-refractivity contribution is 9.10. The minimum absolute atomic E-state index is 0. The van der Waals surface area contributed by atoms with E-state index >= 15 is 0 Å². The van der Waals surface area contributed by atoms with Crippen LogP contribution in [0.4, 0.5) is 13.2 Å². The van der Waals surface area contributed by atoms with Gasteiger partial charge in [-0.3, -0.25) is 4.90 Å². The van der Waals surface area contributed by atoms with E-state index in [1.165, 1.54) is 0 Å². The summed E-state index contributed by atoms with van der Waals surface area (Å²) < 4.78 is 43.3. The molecular weight excluding hydrogens is 396 g/mol. The normalized spacial score (nSPS) is 17.7. The Morgan fingerprint density at radius 1 is 1.24 bits per heavy atom. The van der Waals surface area contributed by atoms with Crippen molar-refractivity contribution in [1.82, 2.24) is 10.2 Å². The van der Waals surface area contributed by atoms with Crippen molar-refractivity contribution in [1.29, 1.82) is 0 Å². The molecule has 1 aliphatic rings. The molecule has 9 heteroatoms. The topological polar surface area (TPSA) is 28.4 Å². The van der Waals surface area contributed by atoms with Crippen molar-refractivity contribution < 1.29 is 17.6 Å². The van der Waals surface area contributed by atoms with Gasteiger partial charge < -0.3 is 9.73 Å². The zero-order valence-electron chi connectivity index (χ0n) is 11.2. The van der Waals surface area contributed by atoms with Crippen molar-refractivity contribution in [2.24, 2.45) is 0 Å². The first-order valence-electron chi connectivity index (χ1n) is 6.22. The molecular formula is C12H18BrCl2F3N2O. The quantitative estimate of drug-likeness (QED) is 0.802. The summed E-state index contributed by atoms with van der Waals surface area (Å²) in [7, 11) is 0. The molecule has 124 valence electrons. The van der Waals surface area contributed by atoms with E-state index in [1.807, 2.05) is 4.90 Å². The first kappa shape index (κ1) is 21.0. The molecule has 0 saturated carbocycles. The lowest BCUT2D eigenvalue weighted by atomic mass is 10.1. The van der Waals surface area contributed by atoms with Crippen LogP contribution in [0.3, 0.4) is 0 Å². The van der Waals surface area contributed by atoms with Gasteiger partial charge in [0.15, 0.2) is 4.67 Å². The summed E-state index contributed by atoms with van der Waals surface area (Å²) in [6.45, 7) is 3.07. The molecule has 1 atom stereocenters. The lowest BCUT2D eigenvalue weighted by molar-refractivity contribution is -0.139. The monoisotopic (exact) mass is 412 g/mol. The van der Waals surface area contributed by atoms with Crippen molar-refractivity contribution in [3.05, 3.63) is 22.6 Å². The fourth-order valence-electron chi connectivity index (χ4n) is 2.31. The Morgan fingerprint density at radius 3 is 2.33 bits per heavy atom. The van der Waals surface area contributed by atoms with E-state index in [4.69, 9.17) is 4.42 Å². The highest BCUT2D eigenvalue weighted by Gasteiger charge is 2.32. The summed E-state index contributed by atoms with van der Waals surface area (Å²) in [6, 6.07) is 3.15. The van der Waals surface area contributed by atoms with E-state index in [-0.39, 0.29) is 37.3 Å². The summed E-state index contributed by atoms with van der Waals surface area (Å²) in [5.74, 6) is 0.595. The molecule has 1 aromatic heterocycles. The number of nitrogens with one attached hydrogen (secondary N) is 1. The maximum Gasteiger partial charge on any atom is 0.389 e. The van der Waals surface area contributed by atoms with Gasteiger partial charge in [-0.2, -0.15) is 13.2 Å². The summed E-state index contributed by atoms with van der Waals surface area (Å²) in [5.41, 5.74) is 0. The maximum atomic E-state index is 12.4. The van der Waals surface area contributed by atoms with Crippen molar-refractivity contribution >= 4 is 40.7 Å². The molecule has 1 saturated heterocycles. The molecule has 3 nitrogen and oxygen atoms in total. The van der Waals surface area contributed by atoms with Crippen LogP contribution in [0, 0.1) is 0 Å². The van der Waals surface area contributed by atoms with E-state index in [2.05, 4.69) is 21.2 Å². The van der Waals surface area contributed by atoms with Crippen molar-refractivity contribution in [3.63, 3.8) is 0 Å². The Hall–Kier alpha value is 0.0500. The summed E-state index contributed by atoms with van der Waals surface area (Å²) in [4.78, 5) is 2.05. The second-order valence-electron chi connectivity index (χ2n) is 4.60. The van der Waals surface area contributed by atoms with Gasteiger partial charge in [0.05, 0.1) is 6.04 Å². The first-order chi connectivity index (χ1) is 8.96. The molecule has 2 rings (SSSR count). The van der Waals surface area contributed by atoms with E-state index in [0.717, 1.165) is 26.2 Å². The molecule has 0 bridgehead atoms. The third-order valence-corrected chi connectivity index (χ3v) is 3.64. The van der Waals surface area contributed by atoms with Crippen molar-refractivity contribution in [2.75, 3.05) is 26.2 Å². The Balaban J connectivity index is 0.00000200. The number of halogens is 6. The van der Waals surface area contributed by atoms with Crippen LogP contribution in [-0.4, -0.2) is 37.3 Å². The minimum atomic E-state index is -4.13. The van der Waals surface area contributed by atoms with E-state index < -0.39 is 12.6 Å². The largest absolute Gasteiger partial charge is 0.453 e. The van der Waals surface area contributed by atoms with Crippen LogP contribution in [0.1, 0.15) is 24.6 Å². The SMILES string of the molecule is Cl.Cl.FC(F)(F)CC[C@@H](c1ccc(Br)o1)N1CCNCC1. The number of hydrogen-bond acceptors (Lipinski definition) is 3. The molecule has 1 fully saturated rings. The van der Waals surface area contributed by atoms with Gasteiger partial charge in [0.25, 0.3) is 0 Å². The van der Waals surface area contributed by atoms with Crippen LogP contribution in [0.5, 0.6) is 0 Å². The van der Waals surface area contributed by atoms with Crippen LogP contribution in [-0.2, 0) is 0 Å². The van der Waals surface area contributed by atoms with Gasteiger partial charge in [0.1, 0.15) is 5.76 Å². The first-order valence-corrected chi connectivity index (χ1v) is 7.02. The molecule has 0 spiro atoms. The fraction of sp³-hybridized carbons (Fsp3) is 0.667. The summed E-state index contributed by atoms with van der Waals surface area (Å²) in [5, 5.41) is 3.19. The van der Waals surface area contributed by atoms with Gasteiger partial charge in [0.2, 0.25) is 0 Å². The Bertz CT molecular complexity index is 411. The third kappa shape index (κ3) is 6.78. The molecule has 1 N–H and O–H groups in total. The second-order valence-corrected chi connectivity index (χ2v) is 5.38. The summed E-state index contributed by atoms with van der Waals surface area (Å²) in [6.07, 6.45) is -4.89. The van der Waals surface area contributed by atoms with Gasteiger partial charge in [-0.25, -0.2) is 0 Å². The van der Waals surface area contributed by atoms with E-state index in [1.54, 1.807) is 12.1 Å². The maximum absolute atomic E-state index is 12.4. The van der Waals surface area contributed by atoms with Gasteiger partial charge >= 0.3 is 6.18 Å². The molecule has 0 amide bonds. The average Bonchev–Trinajstić information content (AvgIpc) is 2.76. The predicted molar refractivity (Wildman–Crippen MR) is 83.4 cm³/mol. The number of nitrogens with zero attached hydrogens (tertiary/aromatic N) is 1. The number of piperazine rings is 1. The highest BCUT2D eigenvalue weighted by atomic mass is 79.9. The molecule has 0 radical (unpaired) electrons. The second kappa shape index (κ2) is 9.25. The Kier molecular flexibility index (Phi) is 9.27. The van der Waals surface area contributed by atoms with Crippen LogP contribution < -0.4 is 5.32 Å². The molecule has 1 aliphatic heterocycles. The Morgan fingerprint density at radius 2 is 1.86 bits per heavy atom. The van der Waals surface area contributed by atoms with Crippen molar-refractivity contribution in [2.45, 2.75) is 25.1 Å². The highest BCUT2D eigenvalue weighted by Crippen LogP contribution is 2.33. The van der Waals surface area contributed by atoms with Crippen molar-refractivity contribution in [3.8, 4) is 0 Å². The molecule has 1 aromatic rings. The van der Waals surface area contributed by atoms with Gasteiger partial charge in [0, 0.05) is 32.6 Å². The lowest BCUT2D eigenvalue weighted by Crippen LogP contribution is -2.45. The predicted octanol–water partition coefficient (Wildman–Crippen LogP) is 4.17.